The molecular weight excluding hydrogens is 326 g/mol. The molecule has 1 N–H and O–H groups in total. The predicted molar refractivity (Wildman–Crippen MR) is 92.6 cm³/mol. The van der Waals surface area contributed by atoms with Crippen LogP contribution in [0.5, 0.6) is 0 Å². The Hall–Kier alpha value is -2.99. The van der Waals surface area contributed by atoms with Crippen molar-refractivity contribution in [1.29, 1.82) is 0 Å². The topological polar surface area (TPSA) is 72.2 Å². The minimum absolute atomic E-state index is 0.344. The van der Waals surface area contributed by atoms with Crippen molar-refractivity contribution in [3.63, 3.8) is 0 Å². The molecule has 7 heteroatoms. The van der Waals surface area contributed by atoms with Gasteiger partial charge in [-0.25, -0.2) is 10.1 Å². The molecule has 0 bridgehead atoms. The lowest BCUT2D eigenvalue weighted by atomic mass is 10.3. The number of carbonyl (C=O) groups is 1. The second kappa shape index (κ2) is 7.06. The van der Waals surface area contributed by atoms with E-state index in [0.717, 1.165) is 5.69 Å². The maximum Gasteiger partial charge on any atom is 0.272 e. The van der Waals surface area contributed by atoms with E-state index in [4.69, 9.17) is 11.6 Å². The summed E-state index contributed by atoms with van der Waals surface area (Å²) in [6.45, 7) is 1.83. The minimum atomic E-state index is -0.344. The molecule has 120 valence electrons. The number of nitrogens with one attached hydrogen (secondary N) is 1. The van der Waals surface area contributed by atoms with E-state index in [1.165, 1.54) is 12.4 Å². The van der Waals surface area contributed by atoms with Gasteiger partial charge in [-0.2, -0.15) is 10.2 Å². The highest BCUT2D eigenvalue weighted by Crippen LogP contribution is 2.21. The van der Waals surface area contributed by atoms with Crippen molar-refractivity contribution in [1.82, 2.24) is 20.2 Å². The third-order valence-corrected chi connectivity index (χ3v) is 3.70. The number of rotatable bonds is 4. The molecule has 1 amide bonds. The number of para-hydroxylation sites is 1. The molecule has 0 saturated heterocycles. The van der Waals surface area contributed by atoms with Crippen molar-refractivity contribution in [3.05, 3.63) is 76.8 Å². The number of benzene rings is 1. The zero-order chi connectivity index (χ0) is 16.9. The van der Waals surface area contributed by atoms with Crippen LogP contribution in [0.4, 0.5) is 0 Å². The van der Waals surface area contributed by atoms with Crippen LogP contribution in [0, 0.1) is 6.92 Å². The van der Waals surface area contributed by atoms with E-state index in [-0.39, 0.29) is 5.91 Å². The molecule has 0 aliphatic carbocycles. The van der Waals surface area contributed by atoms with E-state index >= 15 is 0 Å². The minimum Gasteiger partial charge on any atom is -0.267 e. The zero-order valence-electron chi connectivity index (χ0n) is 12.8. The van der Waals surface area contributed by atoms with Crippen molar-refractivity contribution < 1.29 is 4.79 Å². The molecule has 0 atom stereocenters. The van der Waals surface area contributed by atoms with Gasteiger partial charge in [0.15, 0.2) is 0 Å². The summed E-state index contributed by atoms with van der Waals surface area (Å²) in [7, 11) is 0. The summed E-state index contributed by atoms with van der Waals surface area (Å²) >= 11 is 6.38. The number of amides is 1. The average Bonchev–Trinajstić information content (AvgIpc) is 2.91. The largest absolute Gasteiger partial charge is 0.272 e. The number of aromatic nitrogens is 3. The van der Waals surface area contributed by atoms with Crippen LogP contribution in [0.1, 0.15) is 21.6 Å². The maximum absolute atomic E-state index is 11.9. The molecule has 0 aliphatic rings. The number of hydrogen-bond donors (Lipinski definition) is 1. The molecule has 0 unspecified atom stereocenters. The highest BCUT2D eigenvalue weighted by Gasteiger charge is 2.13. The van der Waals surface area contributed by atoms with Crippen LogP contribution in [0.15, 0.2) is 60.0 Å². The van der Waals surface area contributed by atoms with Gasteiger partial charge in [-0.15, -0.1) is 0 Å². The summed E-state index contributed by atoms with van der Waals surface area (Å²) in [5.41, 5.74) is 5.08. The fraction of sp³-hybridized carbons (Fsp3) is 0.0588. The number of hydrazone groups is 1. The van der Waals surface area contributed by atoms with Crippen LogP contribution in [-0.4, -0.2) is 26.9 Å². The van der Waals surface area contributed by atoms with Crippen LogP contribution in [0.25, 0.3) is 5.69 Å². The lowest BCUT2D eigenvalue weighted by molar-refractivity contribution is 0.0955. The fourth-order valence-corrected chi connectivity index (χ4v) is 2.44. The molecule has 0 spiro atoms. The van der Waals surface area contributed by atoms with Gasteiger partial charge in [0.05, 0.1) is 28.7 Å². The average molecular weight is 340 g/mol. The molecule has 3 aromatic rings. The number of aryl methyl sites for hydroxylation is 1. The van der Waals surface area contributed by atoms with Crippen LogP contribution in [-0.2, 0) is 0 Å². The standard InChI is InChI=1S/C17H14ClN5O/c1-12-15(11-20-21-17(24)13-6-5-9-19-10-13)16(18)23(22-12)14-7-3-2-4-8-14/h2-11H,1H3,(H,21,24)/b20-11+. The van der Waals surface area contributed by atoms with Crippen LogP contribution < -0.4 is 5.43 Å². The molecule has 24 heavy (non-hydrogen) atoms. The van der Waals surface area contributed by atoms with Crippen LogP contribution >= 0.6 is 11.6 Å². The van der Waals surface area contributed by atoms with Gasteiger partial charge in [-0.3, -0.25) is 9.78 Å². The summed E-state index contributed by atoms with van der Waals surface area (Å²) in [4.78, 5) is 15.8. The normalized spacial score (nSPS) is 10.9. The smallest absolute Gasteiger partial charge is 0.267 e. The molecule has 3 rings (SSSR count). The first-order chi connectivity index (χ1) is 11.7. The first-order valence-corrected chi connectivity index (χ1v) is 7.58. The van der Waals surface area contributed by atoms with E-state index in [2.05, 4.69) is 20.6 Å². The van der Waals surface area contributed by atoms with Gasteiger partial charge in [-0.1, -0.05) is 29.8 Å². The molecule has 0 saturated carbocycles. The number of nitrogens with zero attached hydrogens (tertiary/aromatic N) is 4. The quantitative estimate of drug-likeness (QED) is 0.586. The SMILES string of the molecule is Cc1nn(-c2ccccc2)c(Cl)c1/C=N/NC(=O)c1cccnc1. The third-order valence-electron chi connectivity index (χ3n) is 3.33. The van der Waals surface area contributed by atoms with Gasteiger partial charge >= 0.3 is 0 Å². The Morgan fingerprint density at radius 3 is 2.75 bits per heavy atom. The molecular formula is C17H14ClN5O. The number of halogens is 1. The maximum atomic E-state index is 11.9. The van der Waals surface area contributed by atoms with Gasteiger partial charge in [0.1, 0.15) is 5.15 Å². The zero-order valence-corrected chi connectivity index (χ0v) is 13.6. The van der Waals surface area contributed by atoms with E-state index in [1.807, 2.05) is 37.3 Å². The highest BCUT2D eigenvalue weighted by molar-refractivity contribution is 6.32. The van der Waals surface area contributed by atoms with E-state index in [1.54, 1.807) is 23.0 Å². The Morgan fingerprint density at radius 2 is 2.04 bits per heavy atom. The summed E-state index contributed by atoms with van der Waals surface area (Å²) in [5, 5.41) is 8.79. The molecule has 0 fully saturated rings. The second-order valence-corrected chi connectivity index (χ2v) is 5.34. The number of carbonyl (C=O) groups excluding carboxylic acids is 1. The molecule has 2 heterocycles. The molecule has 0 aliphatic heterocycles. The Bertz CT molecular complexity index is 875. The van der Waals surface area contributed by atoms with Gasteiger partial charge in [-0.05, 0) is 31.2 Å². The van der Waals surface area contributed by atoms with E-state index in [0.29, 0.717) is 22.0 Å². The second-order valence-electron chi connectivity index (χ2n) is 4.98. The van der Waals surface area contributed by atoms with Gasteiger partial charge < -0.3 is 0 Å². The van der Waals surface area contributed by atoms with Gasteiger partial charge in [0.25, 0.3) is 5.91 Å². The van der Waals surface area contributed by atoms with Crippen molar-refractivity contribution in [2.24, 2.45) is 5.10 Å². The Morgan fingerprint density at radius 1 is 1.25 bits per heavy atom. The molecule has 1 aromatic carbocycles. The Labute approximate surface area is 143 Å². The van der Waals surface area contributed by atoms with Crippen LogP contribution in [0.2, 0.25) is 5.15 Å². The predicted octanol–water partition coefficient (Wildman–Crippen LogP) is 2.99. The Kier molecular flexibility index (Phi) is 4.67. The van der Waals surface area contributed by atoms with Crippen molar-refractivity contribution in [3.8, 4) is 5.69 Å². The number of hydrogen-bond acceptors (Lipinski definition) is 4. The molecule has 0 radical (unpaired) electrons. The van der Waals surface area contributed by atoms with E-state index in [9.17, 15) is 4.79 Å². The van der Waals surface area contributed by atoms with Crippen molar-refractivity contribution >= 4 is 23.7 Å². The Balaban J connectivity index is 1.78. The van der Waals surface area contributed by atoms with Crippen LogP contribution in [0.3, 0.4) is 0 Å². The summed E-state index contributed by atoms with van der Waals surface area (Å²) in [6, 6.07) is 12.9. The van der Waals surface area contributed by atoms with E-state index < -0.39 is 0 Å². The molecule has 6 nitrogen and oxygen atoms in total. The highest BCUT2D eigenvalue weighted by atomic mass is 35.5. The summed E-state index contributed by atoms with van der Waals surface area (Å²) in [5.74, 6) is -0.344. The van der Waals surface area contributed by atoms with Gasteiger partial charge in [0.2, 0.25) is 0 Å². The fourth-order valence-electron chi connectivity index (χ4n) is 2.12. The monoisotopic (exact) mass is 339 g/mol. The first kappa shape index (κ1) is 15.9. The first-order valence-electron chi connectivity index (χ1n) is 7.21. The summed E-state index contributed by atoms with van der Waals surface area (Å²) < 4.78 is 1.63. The summed E-state index contributed by atoms with van der Waals surface area (Å²) in [6.07, 6.45) is 4.55. The lowest BCUT2D eigenvalue weighted by Gasteiger charge is -2.02. The van der Waals surface area contributed by atoms with Crippen molar-refractivity contribution in [2.45, 2.75) is 6.92 Å². The lowest BCUT2D eigenvalue weighted by Crippen LogP contribution is -2.17. The molecule has 2 aromatic heterocycles. The number of pyridine rings is 1. The van der Waals surface area contributed by atoms with Crippen molar-refractivity contribution in [2.75, 3.05) is 0 Å². The third kappa shape index (κ3) is 3.33. The van der Waals surface area contributed by atoms with Gasteiger partial charge in [0, 0.05) is 12.4 Å².